The summed E-state index contributed by atoms with van der Waals surface area (Å²) in [7, 11) is 0. The van der Waals surface area contributed by atoms with Gasteiger partial charge in [0.15, 0.2) is 0 Å². The van der Waals surface area contributed by atoms with Crippen LogP contribution in [0.1, 0.15) is 18.2 Å². The highest BCUT2D eigenvalue weighted by Gasteiger charge is 1.98. The zero-order valence-corrected chi connectivity index (χ0v) is 12.4. The van der Waals surface area contributed by atoms with Crippen molar-refractivity contribution in [2.24, 2.45) is 0 Å². The van der Waals surface area contributed by atoms with Crippen molar-refractivity contribution in [1.29, 1.82) is 0 Å². The maximum absolute atomic E-state index is 5.61. The predicted molar refractivity (Wildman–Crippen MR) is 78.8 cm³/mol. The van der Waals surface area contributed by atoms with Gasteiger partial charge in [-0.3, -0.25) is 4.98 Å². The van der Waals surface area contributed by atoms with Crippen LogP contribution in [0.5, 0.6) is 0 Å². The molecule has 0 fully saturated rings. The molecule has 0 saturated heterocycles. The molecule has 1 N–H and O–H groups in total. The summed E-state index contributed by atoms with van der Waals surface area (Å²) < 4.78 is 6.68. The fourth-order valence-electron chi connectivity index (χ4n) is 1.56. The van der Waals surface area contributed by atoms with Crippen LogP contribution in [-0.4, -0.2) is 16.5 Å². The smallest absolute Gasteiger partial charge is 0.144 e. The maximum atomic E-state index is 5.61. The van der Waals surface area contributed by atoms with Crippen molar-refractivity contribution in [2.75, 3.05) is 11.9 Å². The molecule has 0 aliphatic rings. The molecule has 0 saturated carbocycles. The molecule has 0 unspecified atom stereocenters. The standard InChI is InChI=1S/C14H16BrN3O/c1-2-16-14-8-17-13(7-18-14)10-19-9-11-3-5-12(15)6-4-11/h3-8H,2,9-10H2,1H3,(H,16,18). The van der Waals surface area contributed by atoms with Gasteiger partial charge in [-0.05, 0) is 24.6 Å². The van der Waals surface area contributed by atoms with Crippen LogP contribution in [0.2, 0.25) is 0 Å². The van der Waals surface area contributed by atoms with Crippen LogP contribution in [0.15, 0.2) is 41.1 Å². The molecule has 5 heteroatoms. The molecule has 0 spiro atoms. The number of hydrogen-bond donors (Lipinski definition) is 1. The summed E-state index contributed by atoms with van der Waals surface area (Å²) in [4.78, 5) is 8.53. The van der Waals surface area contributed by atoms with Crippen LogP contribution in [0.25, 0.3) is 0 Å². The molecule has 1 heterocycles. The van der Waals surface area contributed by atoms with E-state index in [1.54, 1.807) is 12.4 Å². The Labute approximate surface area is 121 Å². The van der Waals surface area contributed by atoms with Crippen molar-refractivity contribution in [3.63, 3.8) is 0 Å². The van der Waals surface area contributed by atoms with E-state index in [0.717, 1.165) is 28.1 Å². The highest BCUT2D eigenvalue weighted by Crippen LogP contribution is 2.11. The number of hydrogen-bond acceptors (Lipinski definition) is 4. The monoisotopic (exact) mass is 321 g/mol. The van der Waals surface area contributed by atoms with Gasteiger partial charge >= 0.3 is 0 Å². The third-order valence-corrected chi connectivity index (χ3v) is 3.02. The summed E-state index contributed by atoms with van der Waals surface area (Å²) in [5.74, 6) is 0.791. The van der Waals surface area contributed by atoms with Crippen LogP contribution in [0.4, 0.5) is 5.82 Å². The van der Waals surface area contributed by atoms with Crippen LogP contribution in [0.3, 0.4) is 0 Å². The number of nitrogens with zero attached hydrogens (tertiary/aromatic N) is 2. The van der Waals surface area contributed by atoms with Crippen LogP contribution in [-0.2, 0) is 18.0 Å². The molecule has 2 aromatic rings. The Morgan fingerprint density at radius 2 is 1.89 bits per heavy atom. The van der Waals surface area contributed by atoms with Gasteiger partial charge in [0.05, 0.1) is 31.3 Å². The Morgan fingerprint density at radius 1 is 1.11 bits per heavy atom. The average Bonchev–Trinajstić information content (AvgIpc) is 2.43. The lowest BCUT2D eigenvalue weighted by Gasteiger charge is -2.05. The Bertz CT molecular complexity index is 499. The number of aromatic nitrogens is 2. The number of nitrogens with one attached hydrogen (secondary N) is 1. The first-order valence-corrected chi connectivity index (χ1v) is 6.94. The Balaban J connectivity index is 1.80. The van der Waals surface area contributed by atoms with Crippen molar-refractivity contribution in [3.8, 4) is 0 Å². The van der Waals surface area contributed by atoms with E-state index in [2.05, 4.69) is 31.2 Å². The fraction of sp³-hybridized carbons (Fsp3) is 0.286. The van der Waals surface area contributed by atoms with Crippen molar-refractivity contribution in [2.45, 2.75) is 20.1 Å². The minimum absolute atomic E-state index is 0.468. The first-order valence-electron chi connectivity index (χ1n) is 6.15. The van der Waals surface area contributed by atoms with E-state index in [4.69, 9.17) is 4.74 Å². The van der Waals surface area contributed by atoms with Crippen LogP contribution < -0.4 is 5.32 Å². The van der Waals surface area contributed by atoms with E-state index in [-0.39, 0.29) is 0 Å². The summed E-state index contributed by atoms with van der Waals surface area (Å²) in [6.45, 7) is 3.91. The van der Waals surface area contributed by atoms with Crippen molar-refractivity contribution in [1.82, 2.24) is 9.97 Å². The van der Waals surface area contributed by atoms with Gasteiger partial charge in [-0.15, -0.1) is 0 Å². The minimum Gasteiger partial charge on any atom is -0.370 e. The molecule has 0 bridgehead atoms. The Hall–Kier alpha value is -1.46. The SMILES string of the molecule is CCNc1cnc(COCc2ccc(Br)cc2)cn1. The van der Waals surface area contributed by atoms with E-state index in [9.17, 15) is 0 Å². The zero-order chi connectivity index (χ0) is 13.5. The van der Waals surface area contributed by atoms with Crippen molar-refractivity contribution < 1.29 is 4.74 Å². The van der Waals surface area contributed by atoms with Gasteiger partial charge in [-0.1, -0.05) is 28.1 Å². The summed E-state index contributed by atoms with van der Waals surface area (Å²) in [6.07, 6.45) is 3.46. The van der Waals surface area contributed by atoms with Crippen molar-refractivity contribution in [3.05, 3.63) is 52.4 Å². The molecule has 1 aromatic heterocycles. The minimum atomic E-state index is 0.468. The average molecular weight is 322 g/mol. The summed E-state index contributed by atoms with van der Waals surface area (Å²) >= 11 is 3.40. The molecule has 1 aromatic carbocycles. The predicted octanol–water partition coefficient (Wildman–Crippen LogP) is 3.39. The maximum Gasteiger partial charge on any atom is 0.144 e. The molecule has 0 radical (unpaired) electrons. The zero-order valence-electron chi connectivity index (χ0n) is 10.8. The van der Waals surface area contributed by atoms with E-state index in [1.807, 2.05) is 31.2 Å². The third kappa shape index (κ3) is 4.61. The lowest BCUT2D eigenvalue weighted by molar-refractivity contribution is 0.104. The van der Waals surface area contributed by atoms with Crippen LogP contribution >= 0.6 is 15.9 Å². The molecule has 0 atom stereocenters. The molecule has 19 heavy (non-hydrogen) atoms. The molecule has 0 amide bonds. The normalized spacial score (nSPS) is 10.4. The number of benzene rings is 1. The number of ether oxygens (including phenoxy) is 1. The van der Waals surface area contributed by atoms with Gasteiger partial charge in [-0.2, -0.15) is 0 Å². The van der Waals surface area contributed by atoms with Gasteiger partial charge in [0.2, 0.25) is 0 Å². The molecular weight excluding hydrogens is 306 g/mol. The number of rotatable bonds is 6. The highest BCUT2D eigenvalue weighted by molar-refractivity contribution is 9.10. The van der Waals surface area contributed by atoms with Gasteiger partial charge in [0.1, 0.15) is 5.82 Å². The lowest BCUT2D eigenvalue weighted by atomic mass is 10.2. The van der Waals surface area contributed by atoms with Gasteiger partial charge in [0, 0.05) is 11.0 Å². The van der Waals surface area contributed by atoms with Gasteiger partial charge in [-0.25, -0.2) is 4.98 Å². The number of anilines is 1. The summed E-state index contributed by atoms with van der Waals surface area (Å²) in [6, 6.07) is 8.07. The molecule has 0 aliphatic heterocycles. The molecular formula is C14H16BrN3O. The lowest BCUT2D eigenvalue weighted by Crippen LogP contribution is -2.02. The molecule has 0 aliphatic carbocycles. The Kier molecular flexibility index (Phi) is 5.30. The van der Waals surface area contributed by atoms with E-state index >= 15 is 0 Å². The topological polar surface area (TPSA) is 47.0 Å². The second-order valence-corrected chi connectivity index (χ2v) is 4.96. The number of halogens is 1. The quantitative estimate of drug-likeness (QED) is 0.886. The molecule has 2 rings (SSSR count). The summed E-state index contributed by atoms with van der Waals surface area (Å²) in [5, 5.41) is 3.10. The van der Waals surface area contributed by atoms with Crippen molar-refractivity contribution >= 4 is 21.7 Å². The van der Waals surface area contributed by atoms with E-state index in [1.165, 1.54) is 0 Å². The second kappa shape index (κ2) is 7.21. The third-order valence-electron chi connectivity index (χ3n) is 2.50. The highest BCUT2D eigenvalue weighted by atomic mass is 79.9. The van der Waals surface area contributed by atoms with Crippen LogP contribution in [0, 0.1) is 0 Å². The fourth-order valence-corrected chi connectivity index (χ4v) is 1.82. The summed E-state index contributed by atoms with van der Waals surface area (Å²) in [5.41, 5.74) is 1.97. The van der Waals surface area contributed by atoms with Gasteiger partial charge < -0.3 is 10.1 Å². The molecule has 4 nitrogen and oxygen atoms in total. The van der Waals surface area contributed by atoms with E-state index < -0.39 is 0 Å². The first kappa shape index (κ1) is 14.0. The Morgan fingerprint density at radius 3 is 2.53 bits per heavy atom. The van der Waals surface area contributed by atoms with E-state index in [0.29, 0.717) is 13.2 Å². The largest absolute Gasteiger partial charge is 0.370 e. The second-order valence-electron chi connectivity index (χ2n) is 4.04. The van der Waals surface area contributed by atoms with Gasteiger partial charge in [0.25, 0.3) is 0 Å². The first-order chi connectivity index (χ1) is 9.28. The molecule has 100 valence electrons.